The monoisotopic (exact) mass is 334 g/mol. The molecule has 3 amide bonds. The highest BCUT2D eigenvalue weighted by atomic mass is 16.2. The number of carbonyl (C=O) groups excluding carboxylic acids is 2. The molecule has 1 aromatic carbocycles. The quantitative estimate of drug-likeness (QED) is 0.517. The normalized spacial score (nSPS) is 11.9. The van der Waals surface area contributed by atoms with Crippen LogP contribution in [0, 0.1) is 12.8 Å². The van der Waals surface area contributed by atoms with Crippen LogP contribution in [0.5, 0.6) is 0 Å². The van der Waals surface area contributed by atoms with Gasteiger partial charge in [-0.05, 0) is 37.8 Å². The Morgan fingerprint density at radius 2 is 1.79 bits per heavy atom. The van der Waals surface area contributed by atoms with E-state index in [9.17, 15) is 9.59 Å². The summed E-state index contributed by atoms with van der Waals surface area (Å²) in [5, 5.41) is 8.37. The Bertz CT molecular complexity index is 514. The summed E-state index contributed by atoms with van der Waals surface area (Å²) in [6.07, 6.45) is 1.31. The van der Waals surface area contributed by atoms with Crippen LogP contribution in [0.4, 0.5) is 4.79 Å². The molecule has 1 unspecified atom stereocenters. The van der Waals surface area contributed by atoms with Crippen molar-refractivity contribution < 1.29 is 9.59 Å². The van der Waals surface area contributed by atoms with Gasteiger partial charge in [0.1, 0.15) is 6.04 Å². The fourth-order valence-electron chi connectivity index (χ4n) is 2.24. The van der Waals surface area contributed by atoms with Crippen LogP contribution >= 0.6 is 0 Å². The number of nitrogens with one attached hydrogen (secondary N) is 3. The Labute approximate surface area is 144 Å². The molecule has 0 bridgehead atoms. The number of amides is 3. The molecule has 6 nitrogen and oxygen atoms in total. The van der Waals surface area contributed by atoms with Crippen molar-refractivity contribution in [3.63, 3.8) is 0 Å². The van der Waals surface area contributed by atoms with Gasteiger partial charge in [0.05, 0.1) is 0 Å². The second kappa shape index (κ2) is 10.6. The molecule has 0 radical (unpaired) electrons. The fourth-order valence-corrected chi connectivity index (χ4v) is 2.24. The van der Waals surface area contributed by atoms with Gasteiger partial charge in [-0.25, -0.2) is 4.79 Å². The molecule has 0 heterocycles. The van der Waals surface area contributed by atoms with Gasteiger partial charge in [0.15, 0.2) is 0 Å². The van der Waals surface area contributed by atoms with E-state index in [1.54, 1.807) is 0 Å². The van der Waals surface area contributed by atoms with Crippen molar-refractivity contribution in [2.24, 2.45) is 11.7 Å². The van der Waals surface area contributed by atoms with Crippen LogP contribution in [-0.4, -0.2) is 31.1 Å². The third-order valence-electron chi connectivity index (χ3n) is 3.58. The summed E-state index contributed by atoms with van der Waals surface area (Å²) in [6.45, 7) is 7.54. The Morgan fingerprint density at radius 3 is 2.38 bits per heavy atom. The van der Waals surface area contributed by atoms with Crippen LogP contribution < -0.4 is 21.7 Å². The summed E-state index contributed by atoms with van der Waals surface area (Å²) in [6, 6.07) is 7.07. The van der Waals surface area contributed by atoms with Crippen LogP contribution in [-0.2, 0) is 11.3 Å². The van der Waals surface area contributed by atoms with Gasteiger partial charge in [0.2, 0.25) is 5.91 Å². The second-order valence-corrected chi connectivity index (χ2v) is 6.43. The summed E-state index contributed by atoms with van der Waals surface area (Å²) in [5.41, 5.74) is 7.62. The SMILES string of the molecule is Cc1ccc(CNC(=O)NC(CC(C)C)C(=O)NCCCN)cc1. The molecule has 0 saturated carbocycles. The standard InChI is InChI=1S/C18H30N4O2/c1-13(2)11-16(17(23)20-10-4-9-19)22-18(24)21-12-15-7-5-14(3)6-8-15/h5-8,13,16H,4,9-12,19H2,1-3H3,(H,20,23)(H2,21,22,24). The lowest BCUT2D eigenvalue weighted by Crippen LogP contribution is -2.50. The van der Waals surface area contributed by atoms with Crippen molar-refractivity contribution in [3.05, 3.63) is 35.4 Å². The van der Waals surface area contributed by atoms with Crippen molar-refractivity contribution >= 4 is 11.9 Å². The maximum Gasteiger partial charge on any atom is 0.315 e. The van der Waals surface area contributed by atoms with Crippen LogP contribution in [0.3, 0.4) is 0 Å². The molecule has 0 aliphatic rings. The molecule has 0 spiro atoms. The second-order valence-electron chi connectivity index (χ2n) is 6.43. The van der Waals surface area contributed by atoms with E-state index >= 15 is 0 Å². The van der Waals surface area contributed by atoms with Crippen LogP contribution in [0.15, 0.2) is 24.3 Å². The number of urea groups is 1. The summed E-state index contributed by atoms with van der Waals surface area (Å²) in [4.78, 5) is 24.3. The molecule has 0 aromatic heterocycles. The molecule has 0 aliphatic carbocycles. The fraction of sp³-hybridized carbons (Fsp3) is 0.556. The number of nitrogens with two attached hydrogens (primary N) is 1. The average Bonchev–Trinajstić information content (AvgIpc) is 2.53. The first-order chi connectivity index (χ1) is 11.4. The average molecular weight is 334 g/mol. The number of aryl methyl sites for hydroxylation is 1. The third-order valence-corrected chi connectivity index (χ3v) is 3.58. The molecule has 1 aromatic rings. The number of benzene rings is 1. The maximum absolute atomic E-state index is 12.2. The van der Waals surface area contributed by atoms with E-state index in [1.165, 1.54) is 5.56 Å². The lowest BCUT2D eigenvalue weighted by Gasteiger charge is -2.20. The third kappa shape index (κ3) is 7.97. The number of hydrogen-bond acceptors (Lipinski definition) is 3. The lowest BCUT2D eigenvalue weighted by atomic mass is 10.0. The molecule has 0 saturated heterocycles. The zero-order valence-corrected chi connectivity index (χ0v) is 14.9. The first kappa shape index (κ1) is 20.0. The van der Waals surface area contributed by atoms with Gasteiger partial charge < -0.3 is 21.7 Å². The molecule has 0 fully saturated rings. The van der Waals surface area contributed by atoms with Gasteiger partial charge in [-0.2, -0.15) is 0 Å². The van der Waals surface area contributed by atoms with E-state index in [0.717, 1.165) is 12.0 Å². The summed E-state index contributed by atoms with van der Waals surface area (Å²) in [7, 11) is 0. The van der Waals surface area contributed by atoms with E-state index < -0.39 is 6.04 Å². The van der Waals surface area contributed by atoms with E-state index in [0.29, 0.717) is 32.0 Å². The molecule has 1 rings (SSSR count). The number of hydrogen-bond donors (Lipinski definition) is 4. The van der Waals surface area contributed by atoms with Crippen molar-refractivity contribution in [2.45, 2.75) is 46.2 Å². The van der Waals surface area contributed by atoms with E-state index in [-0.39, 0.29) is 11.9 Å². The van der Waals surface area contributed by atoms with Crippen LogP contribution in [0.2, 0.25) is 0 Å². The Kier molecular flexibility index (Phi) is 8.86. The van der Waals surface area contributed by atoms with Crippen LogP contribution in [0.1, 0.15) is 37.8 Å². The number of rotatable bonds is 9. The highest BCUT2D eigenvalue weighted by Crippen LogP contribution is 2.06. The van der Waals surface area contributed by atoms with E-state index in [4.69, 9.17) is 5.73 Å². The zero-order chi connectivity index (χ0) is 17.9. The van der Waals surface area contributed by atoms with E-state index in [1.807, 2.05) is 45.0 Å². The Balaban J connectivity index is 2.50. The van der Waals surface area contributed by atoms with Crippen molar-refractivity contribution in [2.75, 3.05) is 13.1 Å². The summed E-state index contributed by atoms with van der Waals surface area (Å²) >= 11 is 0. The Hall–Kier alpha value is -2.08. The summed E-state index contributed by atoms with van der Waals surface area (Å²) in [5.74, 6) is 0.135. The van der Waals surface area contributed by atoms with Gasteiger partial charge in [-0.3, -0.25) is 4.79 Å². The highest BCUT2D eigenvalue weighted by Gasteiger charge is 2.21. The van der Waals surface area contributed by atoms with Gasteiger partial charge in [-0.15, -0.1) is 0 Å². The first-order valence-corrected chi connectivity index (χ1v) is 8.50. The van der Waals surface area contributed by atoms with Crippen molar-refractivity contribution in [1.82, 2.24) is 16.0 Å². The Morgan fingerprint density at radius 1 is 1.12 bits per heavy atom. The lowest BCUT2D eigenvalue weighted by molar-refractivity contribution is -0.123. The first-order valence-electron chi connectivity index (χ1n) is 8.50. The molecule has 24 heavy (non-hydrogen) atoms. The molecule has 0 aliphatic heterocycles. The largest absolute Gasteiger partial charge is 0.354 e. The van der Waals surface area contributed by atoms with Gasteiger partial charge in [0, 0.05) is 13.1 Å². The molecular formula is C18H30N4O2. The molecule has 1 atom stereocenters. The van der Waals surface area contributed by atoms with Crippen molar-refractivity contribution in [3.8, 4) is 0 Å². The molecule has 5 N–H and O–H groups in total. The number of carbonyl (C=O) groups is 2. The van der Waals surface area contributed by atoms with Crippen molar-refractivity contribution in [1.29, 1.82) is 0 Å². The topological polar surface area (TPSA) is 96.2 Å². The smallest absolute Gasteiger partial charge is 0.315 e. The van der Waals surface area contributed by atoms with Gasteiger partial charge in [0.25, 0.3) is 0 Å². The molecular weight excluding hydrogens is 304 g/mol. The molecule has 6 heteroatoms. The van der Waals surface area contributed by atoms with Crippen LogP contribution in [0.25, 0.3) is 0 Å². The maximum atomic E-state index is 12.2. The van der Waals surface area contributed by atoms with Gasteiger partial charge >= 0.3 is 6.03 Å². The van der Waals surface area contributed by atoms with E-state index in [2.05, 4.69) is 16.0 Å². The zero-order valence-electron chi connectivity index (χ0n) is 14.9. The highest BCUT2D eigenvalue weighted by molar-refractivity contribution is 5.86. The molecule has 134 valence electrons. The summed E-state index contributed by atoms with van der Waals surface area (Å²) < 4.78 is 0. The minimum atomic E-state index is -0.541. The van der Waals surface area contributed by atoms with Gasteiger partial charge in [-0.1, -0.05) is 43.7 Å². The predicted octanol–water partition coefficient (Wildman–Crippen LogP) is 1.67. The minimum Gasteiger partial charge on any atom is -0.354 e. The minimum absolute atomic E-state index is 0.164. The predicted molar refractivity (Wildman–Crippen MR) is 96.5 cm³/mol.